The molecule has 0 unspecified atom stereocenters. The zero-order valence-corrected chi connectivity index (χ0v) is 20.9. The van der Waals surface area contributed by atoms with E-state index in [4.69, 9.17) is 4.74 Å². The third-order valence-corrected chi connectivity index (χ3v) is 5.60. The number of rotatable bonds is 11. The van der Waals surface area contributed by atoms with Crippen LogP contribution >= 0.6 is 0 Å². The summed E-state index contributed by atoms with van der Waals surface area (Å²) in [5.74, 6) is -1.01. The lowest BCUT2D eigenvalue weighted by molar-refractivity contribution is -0.151. The van der Waals surface area contributed by atoms with Gasteiger partial charge in [0.15, 0.2) is 0 Å². The van der Waals surface area contributed by atoms with Crippen LogP contribution in [0.3, 0.4) is 0 Å². The van der Waals surface area contributed by atoms with E-state index in [1.807, 2.05) is 77.9 Å². The van der Waals surface area contributed by atoms with E-state index < -0.39 is 12.0 Å². The summed E-state index contributed by atoms with van der Waals surface area (Å²) in [5.41, 5.74) is 14.1. The van der Waals surface area contributed by atoms with E-state index >= 15 is 0 Å². The van der Waals surface area contributed by atoms with Crippen molar-refractivity contribution >= 4 is 17.6 Å². The van der Waals surface area contributed by atoms with Gasteiger partial charge in [0.05, 0.1) is 0 Å². The molecule has 0 heterocycles. The summed E-state index contributed by atoms with van der Waals surface area (Å²) < 4.78 is 5.78. The first kappa shape index (κ1) is 27.0. The van der Waals surface area contributed by atoms with E-state index in [0.29, 0.717) is 12.1 Å². The van der Waals surface area contributed by atoms with Gasteiger partial charge in [0.2, 0.25) is 0 Å². The van der Waals surface area contributed by atoms with Gasteiger partial charge < -0.3 is 10.3 Å². The normalized spacial score (nSPS) is 12.2. The third-order valence-electron chi connectivity index (χ3n) is 5.60. The van der Waals surface area contributed by atoms with Crippen molar-refractivity contribution in [1.82, 2.24) is 10.4 Å². The average molecular weight is 465 g/mol. The number of nitrogens with one attached hydrogen (secondary N) is 1. The number of carbonyl (C=O) groups is 2. The number of amides is 1. The Balaban J connectivity index is 2.42. The highest BCUT2D eigenvalue weighted by Crippen LogP contribution is 2.20. The minimum atomic E-state index is -0.731. The van der Waals surface area contributed by atoms with Crippen LogP contribution in [0.25, 0.3) is 5.53 Å². The average Bonchev–Trinajstić information content (AvgIpc) is 2.80. The van der Waals surface area contributed by atoms with Crippen LogP contribution in [0.1, 0.15) is 57.5 Å². The lowest BCUT2D eigenvalue weighted by Gasteiger charge is -2.32. The molecule has 2 rings (SSSR count). The van der Waals surface area contributed by atoms with Crippen LogP contribution in [0.15, 0.2) is 60.7 Å². The SMILES string of the molecule is CC(C)C(OC(=O)C(=[N+]=[N-])[C@@H](C(C)C)N(Cc1ccccc1)NC(=O)c1ccccc1)C(C)C. The van der Waals surface area contributed by atoms with E-state index in [1.54, 1.807) is 29.3 Å². The van der Waals surface area contributed by atoms with Gasteiger partial charge in [-0.2, -0.15) is 4.79 Å². The Kier molecular flexibility index (Phi) is 10.2. The molecule has 0 fully saturated rings. The second-order valence-electron chi connectivity index (χ2n) is 9.45. The van der Waals surface area contributed by atoms with Crippen LogP contribution in [-0.2, 0) is 16.1 Å². The van der Waals surface area contributed by atoms with Gasteiger partial charge in [0.1, 0.15) is 12.1 Å². The van der Waals surface area contributed by atoms with Crippen molar-refractivity contribution in [2.75, 3.05) is 0 Å². The maximum absolute atomic E-state index is 13.2. The zero-order valence-electron chi connectivity index (χ0n) is 20.9. The molecule has 0 aliphatic rings. The monoisotopic (exact) mass is 464 g/mol. The summed E-state index contributed by atoms with van der Waals surface area (Å²) in [6.45, 7) is 12.0. The van der Waals surface area contributed by atoms with Crippen LogP contribution in [0.2, 0.25) is 0 Å². The molecule has 0 aliphatic heterocycles. The van der Waals surface area contributed by atoms with Crippen molar-refractivity contribution in [2.24, 2.45) is 17.8 Å². The fourth-order valence-corrected chi connectivity index (χ4v) is 4.04. The molecule has 2 aromatic carbocycles. The Morgan fingerprint density at radius 1 is 0.882 bits per heavy atom. The minimum Gasteiger partial charge on any atom is -0.453 e. The molecule has 1 atom stereocenters. The molecule has 2 aromatic rings. The number of esters is 1. The molecule has 0 saturated carbocycles. The maximum Gasteiger partial charge on any atom is 0.419 e. The third kappa shape index (κ3) is 7.37. The summed E-state index contributed by atoms with van der Waals surface area (Å²) in [4.78, 5) is 29.6. The van der Waals surface area contributed by atoms with E-state index in [-0.39, 0.29) is 35.5 Å². The number of nitrogens with zero attached hydrogens (tertiary/aromatic N) is 3. The van der Waals surface area contributed by atoms with E-state index in [2.05, 4.69) is 10.2 Å². The highest BCUT2D eigenvalue weighted by Gasteiger charge is 2.42. The molecular formula is C27H36N4O3. The van der Waals surface area contributed by atoms with Crippen molar-refractivity contribution in [1.29, 1.82) is 0 Å². The second kappa shape index (κ2) is 12.8. The second-order valence-corrected chi connectivity index (χ2v) is 9.45. The van der Waals surface area contributed by atoms with Gasteiger partial charge in [-0.25, -0.2) is 9.80 Å². The lowest BCUT2D eigenvalue weighted by Crippen LogP contribution is -2.56. The molecule has 7 heteroatoms. The van der Waals surface area contributed by atoms with Crippen molar-refractivity contribution in [3.05, 3.63) is 77.3 Å². The van der Waals surface area contributed by atoms with Crippen molar-refractivity contribution in [3.8, 4) is 0 Å². The highest BCUT2D eigenvalue weighted by atomic mass is 16.5. The van der Waals surface area contributed by atoms with Gasteiger partial charge in [-0.05, 0) is 35.4 Å². The number of carbonyl (C=O) groups excluding carboxylic acids is 2. The molecule has 7 nitrogen and oxygen atoms in total. The van der Waals surface area contributed by atoms with Gasteiger partial charge in [-0.15, -0.1) is 0 Å². The van der Waals surface area contributed by atoms with Crippen LogP contribution in [0.4, 0.5) is 0 Å². The van der Waals surface area contributed by atoms with Gasteiger partial charge >= 0.3 is 11.7 Å². The first-order valence-corrected chi connectivity index (χ1v) is 11.7. The molecule has 0 spiro atoms. The van der Waals surface area contributed by atoms with Crippen LogP contribution in [0.5, 0.6) is 0 Å². The minimum absolute atomic E-state index is 0.0969. The molecule has 0 aromatic heterocycles. The standard InChI is InChI=1S/C27H36N4O3/c1-18(2)24(23(29-28)27(33)34-25(19(3)4)20(5)6)31(17-21-13-9-7-10-14-21)30-26(32)22-15-11-8-12-16-22/h7-16,18-20,24-25H,17H2,1-6H3,(H,30,32)/t24-/m1/s1. The molecule has 0 saturated heterocycles. The van der Waals surface area contributed by atoms with Gasteiger partial charge in [-0.3, -0.25) is 10.2 Å². The van der Waals surface area contributed by atoms with E-state index in [0.717, 1.165) is 5.56 Å². The number of hydrogen-bond acceptors (Lipinski definition) is 4. The first-order valence-electron chi connectivity index (χ1n) is 11.7. The number of hydrogen-bond donors (Lipinski definition) is 1. The summed E-state index contributed by atoms with van der Waals surface area (Å²) in [6.07, 6.45) is -0.335. The maximum atomic E-state index is 13.2. The number of benzene rings is 2. The topological polar surface area (TPSA) is 95.0 Å². The van der Waals surface area contributed by atoms with Crippen molar-refractivity contribution in [3.63, 3.8) is 0 Å². The predicted octanol–water partition coefficient (Wildman–Crippen LogP) is 4.75. The Morgan fingerprint density at radius 3 is 1.88 bits per heavy atom. The van der Waals surface area contributed by atoms with Gasteiger partial charge in [-0.1, -0.05) is 90.1 Å². The molecule has 1 amide bonds. The Bertz CT molecular complexity index is 975. The Labute approximate surface area is 202 Å². The van der Waals surface area contributed by atoms with Gasteiger partial charge in [0, 0.05) is 12.1 Å². The molecule has 1 N–H and O–H groups in total. The summed E-state index contributed by atoms with van der Waals surface area (Å²) >= 11 is 0. The molecule has 0 aliphatic carbocycles. The van der Waals surface area contributed by atoms with E-state index in [1.165, 1.54) is 0 Å². The highest BCUT2D eigenvalue weighted by molar-refractivity contribution is 6.36. The zero-order chi connectivity index (χ0) is 25.3. The van der Waals surface area contributed by atoms with Crippen LogP contribution in [-0.4, -0.2) is 39.5 Å². The molecule has 0 radical (unpaired) electrons. The van der Waals surface area contributed by atoms with Crippen molar-refractivity contribution in [2.45, 2.75) is 60.2 Å². The van der Waals surface area contributed by atoms with Crippen molar-refractivity contribution < 1.29 is 19.1 Å². The number of ether oxygens (including phenoxy) is 1. The molecule has 182 valence electrons. The Hall–Kier alpha value is -3.28. The molecular weight excluding hydrogens is 428 g/mol. The predicted molar refractivity (Wildman–Crippen MR) is 133 cm³/mol. The quantitative estimate of drug-likeness (QED) is 0.171. The summed E-state index contributed by atoms with van der Waals surface area (Å²) in [6, 6.07) is 17.7. The summed E-state index contributed by atoms with van der Waals surface area (Å²) in [5, 5.41) is 1.64. The lowest BCUT2D eigenvalue weighted by atomic mass is 9.95. The Morgan fingerprint density at radius 2 is 1.41 bits per heavy atom. The fraction of sp³-hybridized carbons (Fsp3) is 0.444. The van der Waals surface area contributed by atoms with Gasteiger partial charge in [0.25, 0.3) is 5.91 Å². The smallest absolute Gasteiger partial charge is 0.419 e. The van der Waals surface area contributed by atoms with Crippen LogP contribution < -0.4 is 5.43 Å². The molecule has 34 heavy (non-hydrogen) atoms. The fourth-order valence-electron chi connectivity index (χ4n) is 4.04. The number of hydrazine groups is 1. The molecule has 0 bridgehead atoms. The van der Waals surface area contributed by atoms with Crippen LogP contribution in [0, 0.1) is 17.8 Å². The largest absolute Gasteiger partial charge is 0.453 e. The summed E-state index contributed by atoms with van der Waals surface area (Å²) in [7, 11) is 0. The first-order chi connectivity index (χ1) is 16.1. The van der Waals surface area contributed by atoms with E-state index in [9.17, 15) is 15.1 Å².